The topological polar surface area (TPSA) is 102 Å². The van der Waals surface area contributed by atoms with Crippen LogP contribution in [0.2, 0.25) is 19.6 Å². The van der Waals surface area contributed by atoms with Crippen LogP contribution >= 0.6 is 0 Å². The second kappa shape index (κ2) is 6.65. The molecular formula is C18H24N6O4SSi. The minimum absolute atomic E-state index is 0.0771. The zero-order valence-corrected chi connectivity index (χ0v) is 19.3. The van der Waals surface area contributed by atoms with Gasteiger partial charge in [0.15, 0.2) is 6.17 Å². The van der Waals surface area contributed by atoms with Gasteiger partial charge in [0.2, 0.25) is 0 Å². The Morgan fingerprint density at radius 3 is 2.27 bits per heavy atom. The second-order valence-corrected chi connectivity index (χ2v) is 15.4. The molecule has 0 aliphatic carbocycles. The van der Waals surface area contributed by atoms with Gasteiger partial charge in [-0.1, -0.05) is 37.8 Å². The molecule has 3 heterocycles. The SMILES string of the molecule is CN(C)S(=O)(=O)N1C2=CCn3c(=O)n(-c4ccccc4)c(=O)n3C2N=C1[Si](C)(C)C. The predicted molar refractivity (Wildman–Crippen MR) is 117 cm³/mol. The summed E-state index contributed by atoms with van der Waals surface area (Å²) in [6, 6.07) is 8.65. The molecule has 160 valence electrons. The molecule has 0 radical (unpaired) electrons. The van der Waals surface area contributed by atoms with Gasteiger partial charge in [0.25, 0.3) is 0 Å². The third-order valence-electron chi connectivity index (χ3n) is 5.08. The van der Waals surface area contributed by atoms with Gasteiger partial charge >= 0.3 is 21.6 Å². The highest BCUT2D eigenvalue weighted by molar-refractivity contribution is 7.87. The smallest absolute Gasteiger partial charge is 0.245 e. The molecule has 0 bridgehead atoms. The van der Waals surface area contributed by atoms with Crippen LogP contribution in [-0.4, -0.2) is 58.6 Å². The number of allylic oxidation sites excluding steroid dienone is 1. The van der Waals surface area contributed by atoms with Gasteiger partial charge in [-0.25, -0.2) is 28.1 Å². The van der Waals surface area contributed by atoms with E-state index in [2.05, 4.69) is 4.99 Å². The fraction of sp³-hybridized carbons (Fsp3) is 0.389. The summed E-state index contributed by atoms with van der Waals surface area (Å²) in [6.07, 6.45) is 0.763. The molecule has 1 aromatic carbocycles. The number of fused-ring (bicyclic) bond motifs is 3. The third-order valence-corrected chi connectivity index (χ3v) is 8.70. The first-order chi connectivity index (χ1) is 14.0. The maximum absolute atomic E-state index is 13.3. The number of nitrogens with zero attached hydrogens (tertiary/aromatic N) is 6. The van der Waals surface area contributed by atoms with Gasteiger partial charge in [0, 0.05) is 14.1 Å². The summed E-state index contributed by atoms with van der Waals surface area (Å²) in [5.41, 5.74) is 0.250. The van der Waals surface area contributed by atoms with E-state index in [1.165, 1.54) is 27.8 Å². The van der Waals surface area contributed by atoms with Gasteiger partial charge in [-0.3, -0.25) is 0 Å². The lowest BCUT2D eigenvalue weighted by Gasteiger charge is -2.31. The highest BCUT2D eigenvalue weighted by atomic mass is 32.2. The first-order valence-corrected chi connectivity index (χ1v) is 14.4. The second-order valence-electron chi connectivity index (χ2n) is 8.42. The normalized spacial score (nSPS) is 18.9. The first-order valence-electron chi connectivity index (χ1n) is 9.47. The van der Waals surface area contributed by atoms with Crippen molar-refractivity contribution in [3.05, 3.63) is 63.1 Å². The molecule has 1 unspecified atom stereocenters. The molecule has 0 saturated heterocycles. The van der Waals surface area contributed by atoms with Crippen LogP contribution in [0.25, 0.3) is 5.69 Å². The maximum Gasteiger partial charge on any atom is 0.354 e. The Morgan fingerprint density at radius 2 is 1.70 bits per heavy atom. The van der Waals surface area contributed by atoms with E-state index < -0.39 is 35.8 Å². The summed E-state index contributed by atoms with van der Waals surface area (Å²) in [6.45, 7) is 6.06. The van der Waals surface area contributed by atoms with Crippen LogP contribution in [0.15, 0.2) is 56.7 Å². The molecule has 0 spiro atoms. The number of hydrogen-bond donors (Lipinski definition) is 0. The molecule has 0 fully saturated rings. The van der Waals surface area contributed by atoms with Gasteiger partial charge in [0.1, 0.15) is 8.07 Å². The average Bonchev–Trinajstić information content (AvgIpc) is 3.19. The molecular weight excluding hydrogens is 424 g/mol. The van der Waals surface area contributed by atoms with Gasteiger partial charge in [0.05, 0.1) is 23.4 Å². The lowest BCUT2D eigenvalue weighted by Crippen LogP contribution is -2.50. The lowest BCUT2D eigenvalue weighted by molar-refractivity contribution is 0.377. The van der Waals surface area contributed by atoms with Crippen LogP contribution in [-0.2, 0) is 16.8 Å². The number of amidine groups is 1. The standard InChI is InChI=1S/C18H24N6O4SSi/c1-20(2)29(27,28)24-14-11-12-21-17(25)22(13-9-7-6-8-10-13)18(26)23(21)15(14)19-16(24)30(3,4)5/h6-11,15H,12H2,1-5H3. The molecule has 30 heavy (non-hydrogen) atoms. The van der Waals surface area contributed by atoms with Crippen LogP contribution in [0.3, 0.4) is 0 Å². The summed E-state index contributed by atoms with van der Waals surface area (Å²) < 4.78 is 32.3. The molecule has 12 heteroatoms. The van der Waals surface area contributed by atoms with Gasteiger partial charge in [-0.15, -0.1) is 0 Å². The Hall–Kier alpha value is -2.70. The van der Waals surface area contributed by atoms with E-state index >= 15 is 0 Å². The Morgan fingerprint density at radius 1 is 1.07 bits per heavy atom. The quantitative estimate of drug-likeness (QED) is 0.639. The highest BCUT2D eigenvalue weighted by Crippen LogP contribution is 2.37. The van der Waals surface area contributed by atoms with Crippen LogP contribution in [0.1, 0.15) is 6.17 Å². The summed E-state index contributed by atoms with van der Waals surface area (Å²) in [5.74, 6) is 0. The van der Waals surface area contributed by atoms with Crippen LogP contribution < -0.4 is 11.4 Å². The Bertz CT molecular complexity index is 1290. The number of para-hydroxylation sites is 1. The van der Waals surface area contributed by atoms with Gasteiger partial charge < -0.3 is 0 Å². The Balaban J connectivity index is 1.95. The van der Waals surface area contributed by atoms with Crippen molar-refractivity contribution in [3.8, 4) is 5.69 Å². The molecule has 10 nitrogen and oxygen atoms in total. The minimum Gasteiger partial charge on any atom is -0.245 e. The van der Waals surface area contributed by atoms with E-state index in [-0.39, 0.29) is 6.54 Å². The average molecular weight is 449 g/mol. The lowest BCUT2D eigenvalue weighted by atomic mass is 10.3. The molecule has 1 aromatic heterocycles. The van der Waals surface area contributed by atoms with Crippen LogP contribution in [0.5, 0.6) is 0 Å². The van der Waals surface area contributed by atoms with E-state index in [0.717, 1.165) is 8.87 Å². The molecule has 0 saturated carbocycles. The minimum atomic E-state index is -3.86. The molecule has 4 rings (SSSR count). The monoisotopic (exact) mass is 448 g/mol. The van der Waals surface area contributed by atoms with Crippen molar-refractivity contribution < 1.29 is 8.42 Å². The number of aromatic nitrogens is 3. The summed E-state index contributed by atoms with van der Waals surface area (Å²) in [4.78, 5) is 30.9. The molecule has 2 aliphatic rings. The largest absolute Gasteiger partial charge is 0.354 e. The van der Waals surface area contributed by atoms with Crippen molar-refractivity contribution in [2.75, 3.05) is 14.1 Å². The van der Waals surface area contributed by atoms with Crippen molar-refractivity contribution in [3.63, 3.8) is 0 Å². The van der Waals surface area contributed by atoms with Crippen LogP contribution in [0, 0.1) is 0 Å². The van der Waals surface area contributed by atoms with E-state index in [4.69, 9.17) is 0 Å². The van der Waals surface area contributed by atoms with Crippen molar-refractivity contribution in [1.82, 2.24) is 22.5 Å². The Kier molecular flexibility index (Phi) is 4.56. The van der Waals surface area contributed by atoms with Gasteiger partial charge in [-0.05, 0) is 18.2 Å². The predicted octanol–water partition coefficient (Wildman–Crippen LogP) is 0.595. The molecule has 2 aromatic rings. The van der Waals surface area contributed by atoms with E-state index in [9.17, 15) is 18.0 Å². The van der Waals surface area contributed by atoms with Crippen molar-refractivity contribution in [2.45, 2.75) is 32.4 Å². The molecule has 0 N–H and O–H groups in total. The fourth-order valence-electron chi connectivity index (χ4n) is 3.61. The molecule has 1 atom stereocenters. The number of benzene rings is 1. The number of hydrogen-bond acceptors (Lipinski definition) is 5. The summed E-state index contributed by atoms with van der Waals surface area (Å²) >= 11 is 0. The summed E-state index contributed by atoms with van der Waals surface area (Å²) in [5, 5.41) is 0. The van der Waals surface area contributed by atoms with E-state index in [1.54, 1.807) is 36.4 Å². The molecule has 0 amide bonds. The van der Waals surface area contributed by atoms with Crippen molar-refractivity contribution in [2.24, 2.45) is 4.99 Å². The third kappa shape index (κ3) is 2.86. The fourth-order valence-corrected chi connectivity index (χ4v) is 7.05. The van der Waals surface area contributed by atoms with Crippen LogP contribution in [0.4, 0.5) is 0 Å². The van der Waals surface area contributed by atoms with Gasteiger partial charge in [-0.2, -0.15) is 17.4 Å². The van der Waals surface area contributed by atoms with E-state index in [0.29, 0.717) is 16.8 Å². The Labute approximate surface area is 175 Å². The zero-order valence-electron chi connectivity index (χ0n) is 17.5. The number of aliphatic imine (C=N–C) groups is 1. The van der Waals surface area contributed by atoms with E-state index in [1.807, 2.05) is 19.6 Å². The first kappa shape index (κ1) is 20.6. The van der Waals surface area contributed by atoms with Crippen molar-refractivity contribution in [1.29, 1.82) is 0 Å². The van der Waals surface area contributed by atoms with Crippen molar-refractivity contribution >= 4 is 23.7 Å². The zero-order chi connectivity index (χ0) is 22.0. The number of rotatable bonds is 4. The maximum atomic E-state index is 13.3. The summed E-state index contributed by atoms with van der Waals surface area (Å²) in [7, 11) is -3.16. The molecule has 2 aliphatic heterocycles. The highest BCUT2D eigenvalue weighted by Gasteiger charge is 2.47.